The van der Waals surface area contributed by atoms with Crippen LogP contribution in [0.3, 0.4) is 0 Å². The lowest BCUT2D eigenvalue weighted by atomic mass is 9.97. The second-order valence-electron chi connectivity index (χ2n) is 5.71. The van der Waals surface area contributed by atoms with Crippen LogP contribution in [0.25, 0.3) is 0 Å². The zero-order chi connectivity index (χ0) is 15.9. The largest absolute Gasteiger partial charge is 0.370 e. The monoisotopic (exact) mass is 312 g/mol. The molecule has 3 rings (SSSR count). The van der Waals surface area contributed by atoms with E-state index in [1.165, 1.54) is 44.1 Å². The lowest BCUT2D eigenvalue weighted by Gasteiger charge is -2.13. The van der Waals surface area contributed by atoms with E-state index >= 15 is 0 Å². The molecule has 1 aliphatic rings. The van der Waals surface area contributed by atoms with Gasteiger partial charge in [-0.05, 0) is 56.4 Å². The lowest BCUT2D eigenvalue weighted by molar-refractivity contribution is 0.628. The first-order chi connectivity index (χ1) is 11.3. The summed E-state index contributed by atoms with van der Waals surface area (Å²) in [6.07, 6.45) is 10.0. The van der Waals surface area contributed by atoms with Crippen LogP contribution >= 0.6 is 0 Å². The Balaban J connectivity index is 1.54. The van der Waals surface area contributed by atoms with Crippen molar-refractivity contribution < 1.29 is 4.39 Å². The maximum absolute atomic E-state index is 12.9. The normalized spacial score (nSPS) is 14.2. The minimum Gasteiger partial charge on any atom is -0.370 e. The number of nitrogens with one attached hydrogen (secondary N) is 2. The average molecular weight is 312 g/mol. The minimum absolute atomic E-state index is 0.252. The van der Waals surface area contributed by atoms with E-state index in [0.717, 1.165) is 24.5 Å². The van der Waals surface area contributed by atoms with Crippen LogP contribution in [0.15, 0.2) is 48.3 Å². The summed E-state index contributed by atoms with van der Waals surface area (Å²) in [5.41, 5.74) is 2.34. The molecule has 2 aromatic rings. The number of hydrogen-bond donors (Lipinski definition) is 2. The van der Waals surface area contributed by atoms with Crippen LogP contribution in [-0.2, 0) is 0 Å². The van der Waals surface area contributed by atoms with Gasteiger partial charge in [-0.1, -0.05) is 11.6 Å². The van der Waals surface area contributed by atoms with Gasteiger partial charge in [-0.3, -0.25) is 0 Å². The van der Waals surface area contributed by atoms with Crippen LogP contribution in [0.1, 0.15) is 32.1 Å². The smallest absolute Gasteiger partial charge is 0.135 e. The summed E-state index contributed by atoms with van der Waals surface area (Å²) in [5.74, 6) is 1.23. The minimum atomic E-state index is -0.252. The standard InChI is InChI=1S/C18H21FN4/c19-15-6-8-16(9-7-15)23-18-12-17(21-13-22-18)20-11-10-14-4-2-1-3-5-14/h4,6-9,12-13H,1-3,5,10-11H2,(H2,20,21,22,23). The zero-order valence-electron chi connectivity index (χ0n) is 13.1. The van der Waals surface area contributed by atoms with Crippen molar-refractivity contribution in [3.8, 4) is 0 Å². The van der Waals surface area contributed by atoms with Gasteiger partial charge in [-0.25, -0.2) is 14.4 Å². The fraction of sp³-hybridized carbons (Fsp3) is 0.333. The van der Waals surface area contributed by atoms with E-state index in [4.69, 9.17) is 0 Å². The molecule has 0 spiro atoms. The fourth-order valence-electron chi connectivity index (χ4n) is 2.69. The number of hydrogen-bond acceptors (Lipinski definition) is 4. The van der Waals surface area contributed by atoms with E-state index in [9.17, 15) is 4.39 Å². The van der Waals surface area contributed by atoms with E-state index in [0.29, 0.717) is 5.82 Å². The van der Waals surface area contributed by atoms with Gasteiger partial charge in [-0.15, -0.1) is 0 Å². The molecule has 120 valence electrons. The Bertz CT molecular complexity index is 667. The lowest BCUT2D eigenvalue weighted by Crippen LogP contribution is -2.06. The van der Waals surface area contributed by atoms with Gasteiger partial charge in [0.05, 0.1) is 0 Å². The number of benzene rings is 1. The molecule has 0 bridgehead atoms. The second-order valence-corrected chi connectivity index (χ2v) is 5.71. The first-order valence-corrected chi connectivity index (χ1v) is 8.06. The van der Waals surface area contributed by atoms with Crippen LogP contribution in [0, 0.1) is 5.82 Å². The third-order valence-corrected chi connectivity index (χ3v) is 3.92. The highest BCUT2D eigenvalue weighted by Gasteiger charge is 2.04. The highest BCUT2D eigenvalue weighted by Crippen LogP contribution is 2.20. The van der Waals surface area contributed by atoms with Gasteiger partial charge in [0.1, 0.15) is 23.8 Å². The number of aromatic nitrogens is 2. The van der Waals surface area contributed by atoms with Gasteiger partial charge >= 0.3 is 0 Å². The molecule has 0 fully saturated rings. The van der Waals surface area contributed by atoms with E-state index in [1.807, 2.05) is 6.07 Å². The Morgan fingerprint density at radius 3 is 2.65 bits per heavy atom. The van der Waals surface area contributed by atoms with Crippen molar-refractivity contribution in [1.82, 2.24) is 9.97 Å². The molecule has 0 saturated heterocycles. The predicted molar refractivity (Wildman–Crippen MR) is 91.4 cm³/mol. The Morgan fingerprint density at radius 1 is 1.04 bits per heavy atom. The molecule has 1 aliphatic carbocycles. The van der Waals surface area contributed by atoms with Crippen LogP contribution in [0.4, 0.5) is 21.7 Å². The maximum atomic E-state index is 12.9. The highest BCUT2D eigenvalue weighted by molar-refractivity contribution is 5.58. The van der Waals surface area contributed by atoms with Gasteiger partial charge in [0.25, 0.3) is 0 Å². The Labute approximate surface area is 135 Å². The summed E-state index contributed by atoms with van der Waals surface area (Å²) < 4.78 is 12.9. The summed E-state index contributed by atoms with van der Waals surface area (Å²) in [6, 6.07) is 8.06. The molecule has 0 radical (unpaired) electrons. The Kier molecular flexibility index (Phi) is 5.19. The first-order valence-electron chi connectivity index (χ1n) is 8.06. The molecule has 0 unspecified atom stereocenters. The summed E-state index contributed by atoms with van der Waals surface area (Å²) in [7, 11) is 0. The van der Waals surface area contributed by atoms with Gasteiger partial charge in [0.2, 0.25) is 0 Å². The molecule has 2 N–H and O–H groups in total. The van der Waals surface area contributed by atoms with Crippen LogP contribution in [0.2, 0.25) is 0 Å². The molecular formula is C18H21FN4. The number of nitrogens with zero attached hydrogens (tertiary/aromatic N) is 2. The molecule has 4 nitrogen and oxygen atoms in total. The number of allylic oxidation sites excluding steroid dienone is 1. The van der Waals surface area contributed by atoms with Crippen molar-refractivity contribution in [1.29, 1.82) is 0 Å². The molecule has 0 saturated carbocycles. The van der Waals surface area contributed by atoms with Crippen molar-refractivity contribution in [2.24, 2.45) is 0 Å². The molecule has 1 aromatic carbocycles. The second kappa shape index (κ2) is 7.72. The van der Waals surface area contributed by atoms with E-state index < -0.39 is 0 Å². The summed E-state index contributed by atoms with van der Waals surface area (Å²) in [4.78, 5) is 8.42. The van der Waals surface area contributed by atoms with E-state index in [-0.39, 0.29) is 5.82 Å². The third-order valence-electron chi connectivity index (χ3n) is 3.92. The maximum Gasteiger partial charge on any atom is 0.135 e. The summed E-state index contributed by atoms with van der Waals surface area (Å²) >= 11 is 0. The quantitative estimate of drug-likeness (QED) is 0.762. The van der Waals surface area contributed by atoms with Crippen LogP contribution in [-0.4, -0.2) is 16.5 Å². The van der Waals surface area contributed by atoms with E-state index in [1.54, 1.807) is 17.7 Å². The molecule has 1 heterocycles. The molecule has 0 amide bonds. The average Bonchev–Trinajstić information content (AvgIpc) is 2.58. The van der Waals surface area contributed by atoms with Gasteiger partial charge in [-0.2, -0.15) is 0 Å². The Hall–Kier alpha value is -2.43. The van der Waals surface area contributed by atoms with Gasteiger partial charge < -0.3 is 10.6 Å². The summed E-state index contributed by atoms with van der Waals surface area (Å²) in [5, 5.41) is 6.48. The molecule has 23 heavy (non-hydrogen) atoms. The van der Waals surface area contributed by atoms with Crippen molar-refractivity contribution in [3.05, 3.63) is 54.1 Å². The van der Waals surface area contributed by atoms with Crippen molar-refractivity contribution >= 4 is 17.3 Å². The number of anilines is 3. The molecule has 0 atom stereocenters. The first kappa shape index (κ1) is 15.5. The summed E-state index contributed by atoms with van der Waals surface area (Å²) in [6.45, 7) is 0.874. The Morgan fingerprint density at radius 2 is 1.87 bits per heavy atom. The number of rotatable bonds is 6. The van der Waals surface area contributed by atoms with Crippen molar-refractivity contribution in [3.63, 3.8) is 0 Å². The van der Waals surface area contributed by atoms with Crippen LogP contribution < -0.4 is 10.6 Å². The molecule has 5 heteroatoms. The van der Waals surface area contributed by atoms with Crippen molar-refractivity contribution in [2.75, 3.05) is 17.2 Å². The zero-order valence-corrected chi connectivity index (χ0v) is 13.1. The SMILES string of the molecule is Fc1ccc(Nc2cc(NCCC3=CCCCC3)ncn2)cc1. The molecular weight excluding hydrogens is 291 g/mol. The molecule has 1 aromatic heterocycles. The van der Waals surface area contributed by atoms with Crippen molar-refractivity contribution in [2.45, 2.75) is 32.1 Å². The van der Waals surface area contributed by atoms with Gasteiger partial charge in [0.15, 0.2) is 0 Å². The highest BCUT2D eigenvalue weighted by atomic mass is 19.1. The fourth-order valence-corrected chi connectivity index (χ4v) is 2.69. The van der Waals surface area contributed by atoms with Crippen LogP contribution in [0.5, 0.6) is 0 Å². The molecule has 0 aliphatic heterocycles. The number of halogens is 1. The predicted octanol–water partition coefficient (Wildman–Crippen LogP) is 4.66. The van der Waals surface area contributed by atoms with E-state index in [2.05, 4.69) is 26.7 Å². The topological polar surface area (TPSA) is 49.8 Å². The van der Waals surface area contributed by atoms with Gasteiger partial charge in [0, 0.05) is 18.3 Å². The third kappa shape index (κ3) is 4.77.